The van der Waals surface area contributed by atoms with Crippen molar-refractivity contribution < 1.29 is 13.9 Å². The molecular formula is C20H24FN3O2. The van der Waals surface area contributed by atoms with E-state index in [1.165, 1.54) is 44.3 Å². The molecule has 1 atom stereocenters. The van der Waals surface area contributed by atoms with Crippen molar-refractivity contribution in [2.45, 2.75) is 44.6 Å². The Balaban J connectivity index is 1.51. The van der Waals surface area contributed by atoms with Crippen molar-refractivity contribution in [3.8, 4) is 5.75 Å². The van der Waals surface area contributed by atoms with Crippen LogP contribution < -0.4 is 4.74 Å². The highest BCUT2D eigenvalue weighted by Gasteiger charge is 2.33. The highest BCUT2D eigenvalue weighted by Crippen LogP contribution is 2.38. The Morgan fingerprint density at radius 1 is 1.31 bits per heavy atom. The van der Waals surface area contributed by atoms with Crippen molar-refractivity contribution in [1.29, 1.82) is 0 Å². The molecule has 4 rings (SSSR count). The summed E-state index contributed by atoms with van der Waals surface area (Å²) in [5.74, 6) is 1.25. The average molecular weight is 357 g/mol. The summed E-state index contributed by atoms with van der Waals surface area (Å²) in [4.78, 5) is 19.2. The standard InChI is InChI=1S/C20H24FN3O2/c1-13-11-22-19(14-4-3-5-14)24(13)16-8-9-23(12-16)20(25)15-6-7-18(26-2)17(21)10-15/h6-7,10-11,14,16H,3-5,8-9,12H2,1-2H3. The van der Waals surface area contributed by atoms with Gasteiger partial charge in [0.15, 0.2) is 11.6 Å². The Morgan fingerprint density at radius 3 is 2.77 bits per heavy atom. The Bertz CT molecular complexity index is 828. The average Bonchev–Trinajstić information content (AvgIpc) is 3.19. The molecule has 2 aliphatic rings. The van der Waals surface area contributed by atoms with Gasteiger partial charge in [-0.15, -0.1) is 0 Å². The van der Waals surface area contributed by atoms with Gasteiger partial charge in [-0.05, 0) is 44.4 Å². The first-order chi connectivity index (χ1) is 12.6. The molecule has 2 aromatic rings. The van der Waals surface area contributed by atoms with Crippen molar-refractivity contribution in [2.75, 3.05) is 20.2 Å². The third-order valence-corrected chi connectivity index (χ3v) is 5.70. The fraction of sp³-hybridized carbons (Fsp3) is 0.500. The maximum atomic E-state index is 13.9. The van der Waals surface area contributed by atoms with Gasteiger partial charge in [0, 0.05) is 36.5 Å². The number of carbonyl (C=O) groups is 1. The Hall–Kier alpha value is -2.37. The number of ether oxygens (including phenoxy) is 1. The lowest BCUT2D eigenvalue weighted by Gasteiger charge is -2.28. The predicted octanol–water partition coefficient (Wildman–Crippen LogP) is 3.69. The molecule has 1 saturated heterocycles. The number of methoxy groups -OCH3 is 1. The van der Waals surface area contributed by atoms with Gasteiger partial charge in [-0.1, -0.05) is 6.42 Å². The van der Waals surface area contributed by atoms with E-state index in [1.807, 2.05) is 11.1 Å². The minimum atomic E-state index is -0.508. The van der Waals surface area contributed by atoms with Gasteiger partial charge in [-0.25, -0.2) is 9.37 Å². The molecule has 1 aromatic heterocycles. The van der Waals surface area contributed by atoms with E-state index in [9.17, 15) is 9.18 Å². The second-order valence-electron chi connectivity index (χ2n) is 7.30. The number of carbonyl (C=O) groups excluding carboxylic acids is 1. The SMILES string of the molecule is COc1ccc(C(=O)N2CCC(n3c(C)cnc3C3CCC3)C2)cc1F. The maximum absolute atomic E-state index is 13.9. The molecule has 5 nitrogen and oxygen atoms in total. The number of benzene rings is 1. The number of rotatable bonds is 4. The molecule has 2 heterocycles. The van der Waals surface area contributed by atoms with Crippen LogP contribution in [0.4, 0.5) is 4.39 Å². The molecule has 1 saturated carbocycles. The second-order valence-corrected chi connectivity index (χ2v) is 7.30. The largest absolute Gasteiger partial charge is 0.494 e. The van der Waals surface area contributed by atoms with Gasteiger partial charge in [0.2, 0.25) is 0 Å². The predicted molar refractivity (Wildman–Crippen MR) is 96.1 cm³/mol. The molecule has 26 heavy (non-hydrogen) atoms. The quantitative estimate of drug-likeness (QED) is 0.838. The van der Waals surface area contributed by atoms with Crippen LogP contribution in [0.3, 0.4) is 0 Å². The first-order valence-corrected chi connectivity index (χ1v) is 9.25. The molecule has 6 heteroatoms. The number of amides is 1. The molecule has 0 bridgehead atoms. The van der Waals surface area contributed by atoms with E-state index in [0.717, 1.165) is 12.1 Å². The van der Waals surface area contributed by atoms with Crippen LogP contribution >= 0.6 is 0 Å². The summed E-state index contributed by atoms with van der Waals surface area (Å²) in [6.07, 6.45) is 6.53. The van der Waals surface area contributed by atoms with Crippen LogP contribution in [0.15, 0.2) is 24.4 Å². The smallest absolute Gasteiger partial charge is 0.254 e. The zero-order chi connectivity index (χ0) is 18.3. The molecule has 0 radical (unpaired) electrons. The van der Waals surface area contributed by atoms with Gasteiger partial charge in [0.1, 0.15) is 5.82 Å². The molecule has 0 spiro atoms. The highest BCUT2D eigenvalue weighted by atomic mass is 19.1. The fourth-order valence-electron chi connectivity index (χ4n) is 4.03. The van der Waals surface area contributed by atoms with Crippen LogP contribution in [0.1, 0.15) is 59.5 Å². The van der Waals surface area contributed by atoms with Crippen molar-refractivity contribution >= 4 is 5.91 Å². The number of nitrogens with zero attached hydrogens (tertiary/aromatic N) is 3. The third-order valence-electron chi connectivity index (χ3n) is 5.70. The van der Waals surface area contributed by atoms with E-state index in [2.05, 4.69) is 16.5 Å². The van der Waals surface area contributed by atoms with Crippen molar-refractivity contribution in [1.82, 2.24) is 14.5 Å². The normalized spacial score (nSPS) is 20.3. The van der Waals surface area contributed by atoms with Crippen LogP contribution in [-0.2, 0) is 0 Å². The third kappa shape index (κ3) is 2.87. The number of halogens is 1. The molecule has 1 aromatic carbocycles. The molecule has 138 valence electrons. The minimum Gasteiger partial charge on any atom is -0.494 e. The lowest BCUT2D eigenvalue weighted by Crippen LogP contribution is -2.30. The summed E-state index contributed by atoms with van der Waals surface area (Å²) >= 11 is 0. The van der Waals surface area contributed by atoms with Crippen LogP contribution in [0.5, 0.6) is 5.75 Å². The van der Waals surface area contributed by atoms with Crippen molar-refractivity contribution in [3.63, 3.8) is 0 Å². The molecular weight excluding hydrogens is 333 g/mol. The summed E-state index contributed by atoms with van der Waals surface area (Å²) in [6, 6.07) is 4.64. The van der Waals surface area contributed by atoms with Gasteiger partial charge >= 0.3 is 0 Å². The van der Waals surface area contributed by atoms with E-state index in [1.54, 1.807) is 6.07 Å². The summed E-state index contributed by atoms with van der Waals surface area (Å²) in [7, 11) is 1.41. The van der Waals surface area contributed by atoms with Gasteiger partial charge < -0.3 is 14.2 Å². The molecule has 1 unspecified atom stereocenters. The zero-order valence-corrected chi connectivity index (χ0v) is 15.2. The maximum Gasteiger partial charge on any atom is 0.254 e. The summed E-state index contributed by atoms with van der Waals surface area (Å²) in [5, 5.41) is 0. The van der Waals surface area contributed by atoms with Crippen LogP contribution in [-0.4, -0.2) is 40.6 Å². The van der Waals surface area contributed by atoms with Crippen LogP contribution in [0.25, 0.3) is 0 Å². The zero-order valence-electron chi connectivity index (χ0n) is 15.2. The van der Waals surface area contributed by atoms with Gasteiger partial charge in [-0.2, -0.15) is 0 Å². The Labute approximate surface area is 152 Å². The number of hydrogen-bond acceptors (Lipinski definition) is 3. The van der Waals surface area contributed by atoms with Crippen molar-refractivity contribution in [3.05, 3.63) is 47.3 Å². The van der Waals surface area contributed by atoms with E-state index >= 15 is 0 Å². The number of likely N-dealkylation sites (tertiary alicyclic amines) is 1. The number of aryl methyl sites for hydroxylation is 1. The van der Waals surface area contributed by atoms with Crippen LogP contribution in [0, 0.1) is 12.7 Å². The summed E-state index contributed by atoms with van der Waals surface area (Å²) < 4.78 is 21.2. The molecule has 1 aliphatic heterocycles. The Morgan fingerprint density at radius 2 is 2.12 bits per heavy atom. The molecule has 0 N–H and O–H groups in total. The number of hydrogen-bond donors (Lipinski definition) is 0. The molecule has 1 aliphatic carbocycles. The topological polar surface area (TPSA) is 47.4 Å². The number of imidazole rings is 1. The van der Waals surface area contributed by atoms with Gasteiger partial charge in [0.05, 0.1) is 13.2 Å². The lowest BCUT2D eigenvalue weighted by atomic mass is 9.84. The van der Waals surface area contributed by atoms with Crippen molar-refractivity contribution in [2.24, 2.45) is 0 Å². The minimum absolute atomic E-state index is 0.128. The van der Waals surface area contributed by atoms with Gasteiger partial charge in [-0.3, -0.25) is 4.79 Å². The monoisotopic (exact) mass is 357 g/mol. The highest BCUT2D eigenvalue weighted by molar-refractivity contribution is 5.94. The van der Waals surface area contributed by atoms with Crippen LogP contribution in [0.2, 0.25) is 0 Å². The van der Waals surface area contributed by atoms with E-state index in [-0.39, 0.29) is 17.7 Å². The Kier molecular flexibility index (Phi) is 4.42. The second kappa shape index (κ2) is 6.74. The van der Waals surface area contributed by atoms with E-state index in [0.29, 0.717) is 24.6 Å². The van der Waals surface area contributed by atoms with Gasteiger partial charge in [0.25, 0.3) is 5.91 Å². The summed E-state index contributed by atoms with van der Waals surface area (Å²) in [6.45, 7) is 3.40. The molecule has 1 amide bonds. The molecule has 2 fully saturated rings. The lowest BCUT2D eigenvalue weighted by molar-refractivity contribution is 0.0786. The fourth-order valence-corrected chi connectivity index (χ4v) is 4.03. The van der Waals surface area contributed by atoms with E-state index < -0.39 is 5.82 Å². The first kappa shape index (κ1) is 17.1. The van der Waals surface area contributed by atoms with E-state index in [4.69, 9.17) is 4.74 Å². The summed E-state index contributed by atoms with van der Waals surface area (Å²) in [5.41, 5.74) is 1.52. The number of aromatic nitrogens is 2. The first-order valence-electron chi connectivity index (χ1n) is 9.25.